The van der Waals surface area contributed by atoms with Crippen LogP contribution in [0.2, 0.25) is 0 Å². The van der Waals surface area contributed by atoms with Crippen molar-refractivity contribution in [3.63, 3.8) is 0 Å². The van der Waals surface area contributed by atoms with Gasteiger partial charge in [0.1, 0.15) is 5.82 Å². The predicted molar refractivity (Wildman–Crippen MR) is 91.5 cm³/mol. The lowest BCUT2D eigenvalue weighted by Gasteiger charge is -2.35. The quantitative estimate of drug-likeness (QED) is 0.670. The van der Waals surface area contributed by atoms with E-state index in [0.717, 1.165) is 29.8 Å². The van der Waals surface area contributed by atoms with Gasteiger partial charge in [0.15, 0.2) is 11.6 Å². The van der Waals surface area contributed by atoms with Crippen molar-refractivity contribution in [2.24, 2.45) is 0 Å². The number of hydrogen-bond acceptors (Lipinski definition) is 6. The van der Waals surface area contributed by atoms with Gasteiger partial charge in [0, 0.05) is 37.1 Å². The molecular formula is C18H17FN6. The van der Waals surface area contributed by atoms with Crippen LogP contribution in [-0.2, 0) is 6.42 Å². The SMILES string of the molecule is Cc1cc(F)nc(N2CCc3nc(-c4ncccn4)ncc3C2C)c1. The second kappa shape index (κ2) is 6.16. The third kappa shape index (κ3) is 2.93. The Bertz CT molecular complexity index is 894. The first-order valence-electron chi connectivity index (χ1n) is 8.16. The molecule has 4 heterocycles. The largest absolute Gasteiger partial charge is 0.349 e. The summed E-state index contributed by atoms with van der Waals surface area (Å²) in [6.45, 7) is 4.64. The van der Waals surface area contributed by atoms with Gasteiger partial charge in [-0.05, 0) is 37.6 Å². The molecule has 0 fully saturated rings. The molecule has 0 N–H and O–H groups in total. The molecule has 3 aromatic heterocycles. The van der Waals surface area contributed by atoms with Crippen LogP contribution < -0.4 is 4.90 Å². The van der Waals surface area contributed by atoms with Gasteiger partial charge in [0.2, 0.25) is 5.95 Å². The highest BCUT2D eigenvalue weighted by Crippen LogP contribution is 2.32. The highest BCUT2D eigenvalue weighted by Gasteiger charge is 2.27. The van der Waals surface area contributed by atoms with E-state index in [1.165, 1.54) is 6.07 Å². The molecule has 0 spiro atoms. The molecule has 1 unspecified atom stereocenters. The van der Waals surface area contributed by atoms with Crippen molar-refractivity contribution in [1.82, 2.24) is 24.9 Å². The number of aromatic nitrogens is 5. The fourth-order valence-electron chi connectivity index (χ4n) is 3.15. The Hall–Kier alpha value is -2.96. The van der Waals surface area contributed by atoms with Crippen LogP contribution in [0.15, 0.2) is 36.8 Å². The first-order chi connectivity index (χ1) is 12.1. The van der Waals surface area contributed by atoms with Crippen LogP contribution in [0.5, 0.6) is 0 Å². The van der Waals surface area contributed by atoms with Crippen LogP contribution in [0, 0.1) is 12.9 Å². The van der Waals surface area contributed by atoms with Crippen molar-refractivity contribution >= 4 is 5.82 Å². The van der Waals surface area contributed by atoms with Gasteiger partial charge >= 0.3 is 0 Å². The molecule has 0 radical (unpaired) electrons. The van der Waals surface area contributed by atoms with E-state index in [1.54, 1.807) is 18.5 Å². The number of halogens is 1. The molecule has 0 bridgehead atoms. The molecule has 0 saturated heterocycles. The van der Waals surface area contributed by atoms with Crippen LogP contribution in [0.1, 0.15) is 29.8 Å². The number of hydrogen-bond donors (Lipinski definition) is 0. The van der Waals surface area contributed by atoms with Crippen molar-refractivity contribution in [1.29, 1.82) is 0 Å². The molecule has 25 heavy (non-hydrogen) atoms. The Kier molecular flexibility index (Phi) is 3.83. The lowest BCUT2D eigenvalue weighted by molar-refractivity contribution is 0.561. The second-order valence-electron chi connectivity index (χ2n) is 6.11. The van der Waals surface area contributed by atoms with Crippen molar-refractivity contribution in [2.45, 2.75) is 26.3 Å². The molecule has 4 rings (SSSR count). The molecular weight excluding hydrogens is 319 g/mol. The maximum Gasteiger partial charge on any atom is 0.215 e. The van der Waals surface area contributed by atoms with Gasteiger partial charge in [-0.25, -0.2) is 24.9 Å². The van der Waals surface area contributed by atoms with E-state index >= 15 is 0 Å². The monoisotopic (exact) mass is 336 g/mol. The zero-order valence-electron chi connectivity index (χ0n) is 14.0. The molecule has 1 atom stereocenters. The second-order valence-corrected chi connectivity index (χ2v) is 6.11. The lowest BCUT2D eigenvalue weighted by Crippen LogP contribution is -2.35. The van der Waals surface area contributed by atoms with Gasteiger partial charge in [0.25, 0.3) is 0 Å². The van der Waals surface area contributed by atoms with E-state index in [2.05, 4.69) is 36.7 Å². The first-order valence-corrected chi connectivity index (χ1v) is 8.16. The Balaban J connectivity index is 1.68. The Morgan fingerprint density at radius 3 is 2.64 bits per heavy atom. The zero-order valence-corrected chi connectivity index (χ0v) is 14.0. The lowest BCUT2D eigenvalue weighted by atomic mass is 9.99. The maximum atomic E-state index is 13.7. The van der Waals surface area contributed by atoms with Crippen molar-refractivity contribution in [3.05, 3.63) is 59.6 Å². The number of pyridine rings is 1. The van der Waals surface area contributed by atoms with Crippen LogP contribution in [0.3, 0.4) is 0 Å². The van der Waals surface area contributed by atoms with E-state index in [1.807, 2.05) is 19.2 Å². The number of nitrogens with zero attached hydrogens (tertiary/aromatic N) is 6. The summed E-state index contributed by atoms with van der Waals surface area (Å²) in [5.74, 6) is 1.23. The number of fused-ring (bicyclic) bond motifs is 1. The summed E-state index contributed by atoms with van der Waals surface area (Å²) in [7, 11) is 0. The fourth-order valence-corrected chi connectivity index (χ4v) is 3.15. The van der Waals surface area contributed by atoms with Crippen molar-refractivity contribution in [3.8, 4) is 11.6 Å². The minimum absolute atomic E-state index is 0.0168. The summed E-state index contributed by atoms with van der Waals surface area (Å²) in [5, 5.41) is 0. The first kappa shape index (κ1) is 15.6. The summed E-state index contributed by atoms with van der Waals surface area (Å²) >= 11 is 0. The molecule has 0 saturated carbocycles. The van der Waals surface area contributed by atoms with Crippen LogP contribution in [-0.4, -0.2) is 31.5 Å². The molecule has 7 heteroatoms. The van der Waals surface area contributed by atoms with Crippen molar-refractivity contribution in [2.75, 3.05) is 11.4 Å². The summed E-state index contributed by atoms with van der Waals surface area (Å²) in [6.07, 6.45) is 5.90. The van der Waals surface area contributed by atoms with Gasteiger partial charge in [-0.15, -0.1) is 0 Å². The summed E-state index contributed by atoms with van der Waals surface area (Å²) in [6, 6.07) is 5.11. The molecule has 1 aliphatic heterocycles. The van der Waals surface area contributed by atoms with E-state index < -0.39 is 5.95 Å². The topological polar surface area (TPSA) is 67.7 Å². The number of rotatable bonds is 2. The molecule has 126 valence electrons. The minimum Gasteiger partial charge on any atom is -0.349 e. The third-order valence-electron chi connectivity index (χ3n) is 4.39. The van der Waals surface area contributed by atoms with Crippen molar-refractivity contribution < 1.29 is 4.39 Å². The van der Waals surface area contributed by atoms with E-state index in [-0.39, 0.29) is 6.04 Å². The summed E-state index contributed by atoms with van der Waals surface area (Å²) in [4.78, 5) is 23.6. The molecule has 3 aromatic rings. The molecule has 6 nitrogen and oxygen atoms in total. The molecule has 0 aliphatic carbocycles. The smallest absolute Gasteiger partial charge is 0.215 e. The summed E-state index contributed by atoms with van der Waals surface area (Å²) < 4.78 is 13.7. The van der Waals surface area contributed by atoms with Crippen LogP contribution in [0.25, 0.3) is 11.6 Å². The van der Waals surface area contributed by atoms with Crippen LogP contribution >= 0.6 is 0 Å². The van der Waals surface area contributed by atoms with Crippen LogP contribution in [0.4, 0.5) is 10.2 Å². The zero-order chi connectivity index (χ0) is 17.4. The van der Waals surface area contributed by atoms with Gasteiger partial charge < -0.3 is 4.90 Å². The van der Waals surface area contributed by atoms with E-state index in [9.17, 15) is 4.39 Å². The maximum absolute atomic E-state index is 13.7. The highest BCUT2D eigenvalue weighted by atomic mass is 19.1. The average Bonchev–Trinajstić information content (AvgIpc) is 2.61. The van der Waals surface area contributed by atoms with Gasteiger partial charge in [-0.3, -0.25) is 0 Å². The van der Waals surface area contributed by atoms with Gasteiger partial charge in [-0.2, -0.15) is 4.39 Å². The van der Waals surface area contributed by atoms with Gasteiger partial charge in [0.05, 0.1) is 11.7 Å². The summed E-state index contributed by atoms with van der Waals surface area (Å²) in [5.41, 5.74) is 2.86. The Morgan fingerprint density at radius 1 is 1.08 bits per heavy atom. The Labute approximate surface area is 144 Å². The fraction of sp³-hybridized carbons (Fsp3) is 0.278. The normalized spacial score (nSPS) is 16.6. The average molecular weight is 336 g/mol. The predicted octanol–water partition coefficient (Wildman–Crippen LogP) is 2.90. The number of aryl methyl sites for hydroxylation is 1. The highest BCUT2D eigenvalue weighted by molar-refractivity contribution is 5.49. The molecule has 0 amide bonds. The van der Waals surface area contributed by atoms with E-state index in [4.69, 9.17) is 0 Å². The standard InChI is InChI=1S/C18H17FN6/c1-11-8-15(19)24-16(9-11)25-7-4-14-13(12(25)2)10-22-18(23-14)17-20-5-3-6-21-17/h3,5-6,8-10,12H,4,7H2,1-2H3. The Morgan fingerprint density at radius 2 is 1.88 bits per heavy atom. The van der Waals surface area contributed by atoms with Gasteiger partial charge in [-0.1, -0.05) is 0 Å². The molecule has 0 aromatic carbocycles. The molecule has 1 aliphatic rings. The minimum atomic E-state index is -0.458. The number of anilines is 1. The third-order valence-corrected chi connectivity index (χ3v) is 4.39. The van der Waals surface area contributed by atoms with E-state index in [0.29, 0.717) is 17.5 Å².